The van der Waals surface area contributed by atoms with Crippen LogP contribution in [0.1, 0.15) is 17.5 Å². The second-order valence-corrected chi connectivity index (χ2v) is 7.45. The zero-order chi connectivity index (χ0) is 18.1. The number of benzene rings is 2. The van der Waals surface area contributed by atoms with Gasteiger partial charge in [-0.15, -0.1) is 0 Å². The van der Waals surface area contributed by atoms with Gasteiger partial charge in [0.2, 0.25) is 0 Å². The van der Waals surface area contributed by atoms with Crippen molar-refractivity contribution in [1.82, 2.24) is 10.6 Å². The van der Waals surface area contributed by atoms with Crippen LogP contribution in [0.4, 0.5) is 0 Å². The van der Waals surface area contributed by atoms with Gasteiger partial charge in [-0.05, 0) is 55.9 Å². The molecule has 0 bridgehead atoms. The van der Waals surface area contributed by atoms with Gasteiger partial charge in [0, 0.05) is 33.2 Å². The van der Waals surface area contributed by atoms with Crippen molar-refractivity contribution in [1.29, 1.82) is 0 Å². The quantitative estimate of drug-likeness (QED) is 0.500. The van der Waals surface area contributed by atoms with Gasteiger partial charge in [0.1, 0.15) is 11.5 Å². The molecule has 0 aliphatic rings. The topological polar surface area (TPSA) is 42.5 Å². The molecule has 25 heavy (non-hydrogen) atoms. The Morgan fingerprint density at radius 1 is 0.760 bits per heavy atom. The molecule has 0 aromatic heterocycles. The maximum atomic E-state index is 5.39. The van der Waals surface area contributed by atoms with E-state index in [4.69, 9.17) is 9.47 Å². The summed E-state index contributed by atoms with van der Waals surface area (Å²) in [5.74, 6) is 1.83. The van der Waals surface area contributed by atoms with Crippen molar-refractivity contribution in [3.05, 3.63) is 56.5 Å². The summed E-state index contributed by atoms with van der Waals surface area (Å²) in [6.07, 6.45) is 1.05. The lowest BCUT2D eigenvalue weighted by Gasteiger charge is -2.12. The predicted octanol–water partition coefficient (Wildman–Crippen LogP) is 4.50. The molecule has 6 heteroatoms. The summed E-state index contributed by atoms with van der Waals surface area (Å²) >= 11 is 7.00. The van der Waals surface area contributed by atoms with Crippen molar-refractivity contribution in [3.63, 3.8) is 0 Å². The number of halogens is 2. The van der Waals surface area contributed by atoms with Gasteiger partial charge in [0.15, 0.2) is 0 Å². The average molecular weight is 472 g/mol. The van der Waals surface area contributed by atoms with E-state index in [0.29, 0.717) is 0 Å². The van der Waals surface area contributed by atoms with E-state index in [0.717, 1.165) is 64.2 Å². The van der Waals surface area contributed by atoms with E-state index >= 15 is 0 Å². The third kappa shape index (κ3) is 6.62. The highest BCUT2D eigenvalue weighted by atomic mass is 79.9. The fourth-order valence-electron chi connectivity index (χ4n) is 2.56. The van der Waals surface area contributed by atoms with Crippen molar-refractivity contribution in [2.45, 2.75) is 19.5 Å². The molecule has 136 valence electrons. The third-order valence-corrected chi connectivity index (χ3v) is 4.81. The zero-order valence-electron chi connectivity index (χ0n) is 14.6. The van der Waals surface area contributed by atoms with E-state index in [1.165, 1.54) is 0 Å². The summed E-state index contributed by atoms with van der Waals surface area (Å²) in [5, 5.41) is 6.92. The number of hydrogen-bond acceptors (Lipinski definition) is 4. The Morgan fingerprint density at radius 3 is 1.60 bits per heavy atom. The normalized spacial score (nSPS) is 10.7. The van der Waals surface area contributed by atoms with Crippen LogP contribution < -0.4 is 20.1 Å². The Labute approximate surface area is 166 Å². The lowest BCUT2D eigenvalue weighted by molar-refractivity contribution is 0.406. The molecule has 0 radical (unpaired) electrons. The fourth-order valence-corrected chi connectivity index (χ4v) is 3.37. The van der Waals surface area contributed by atoms with Crippen LogP contribution in [-0.2, 0) is 13.1 Å². The van der Waals surface area contributed by atoms with Crippen molar-refractivity contribution >= 4 is 31.9 Å². The molecule has 2 N–H and O–H groups in total. The van der Waals surface area contributed by atoms with Crippen molar-refractivity contribution < 1.29 is 9.47 Å². The monoisotopic (exact) mass is 470 g/mol. The lowest BCUT2D eigenvalue weighted by Crippen LogP contribution is -2.22. The zero-order valence-corrected chi connectivity index (χ0v) is 17.7. The van der Waals surface area contributed by atoms with Crippen LogP contribution >= 0.6 is 31.9 Å². The average Bonchev–Trinajstić information content (AvgIpc) is 2.61. The van der Waals surface area contributed by atoms with Gasteiger partial charge in [-0.1, -0.05) is 31.9 Å². The van der Waals surface area contributed by atoms with Crippen molar-refractivity contribution in [3.8, 4) is 11.5 Å². The molecule has 2 rings (SSSR count). The molecule has 0 aliphatic carbocycles. The molecule has 0 saturated carbocycles. The third-order valence-electron chi connectivity index (χ3n) is 3.82. The lowest BCUT2D eigenvalue weighted by atomic mass is 10.2. The second-order valence-electron chi connectivity index (χ2n) is 5.62. The smallest absolute Gasteiger partial charge is 0.123 e. The standard InChI is InChI=1S/C19H24Br2N2O2/c1-24-18-6-4-16(20)10-14(18)12-22-8-3-9-23-13-15-11-17(21)5-7-19(15)25-2/h4-7,10-11,22-23H,3,8-9,12-13H2,1-2H3. The molecular weight excluding hydrogens is 448 g/mol. The predicted molar refractivity (Wildman–Crippen MR) is 109 cm³/mol. The van der Waals surface area contributed by atoms with Crippen LogP contribution in [0.5, 0.6) is 11.5 Å². The summed E-state index contributed by atoms with van der Waals surface area (Å²) in [6, 6.07) is 12.1. The van der Waals surface area contributed by atoms with Crippen LogP contribution in [0.25, 0.3) is 0 Å². The van der Waals surface area contributed by atoms with Crippen LogP contribution in [0.3, 0.4) is 0 Å². The molecule has 0 aliphatic heterocycles. The highest BCUT2D eigenvalue weighted by Crippen LogP contribution is 2.23. The fraction of sp³-hybridized carbons (Fsp3) is 0.368. The Balaban J connectivity index is 1.67. The highest BCUT2D eigenvalue weighted by molar-refractivity contribution is 9.10. The van der Waals surface area contributed by atoms with Gasteiger partial charge in [0.05, 0.1) is 14.2 Å². The first-order chi connectivity index (χ1) is 12.1. The Bertz CT molecular complexity index is 623. The molecule has 0 spiro atoms. The minimum absolute atomic E-state index is 0.794. The molecule has 0 fully saturated rings. The minimum Gasteiger partial charge on any atom is -0.496 e. The number of ether oxygens (including phenoxy) is 2. The molecule has 0 atom stereocenters. The molecule has 0 saturated heterocycles. The van der Waals surface area contributed by atoms with E-state index < -0.39 is 0 Å². The molecule has 2 aromatic carbocycles. The Hall–Kier alpha value is -1.08. The SMILES string of the molecule is COc1ccc(Br)cc1CNCCCNCc1cc(Br)ccc1OC. The van der Waals surface area contributed by atoms with E-state index in [-0.39, 0.29) is 0 Å². The summed E-state index contributed by atoms with van der Waals surface area (Å²) in [4.78, 5) is 0. The Morgan fingerprint density at radius 2 is 1.20 bits per heavy atom. The number of rotatable bonds is 10. The van der Waals surface area contributed by atoms with Gasteiger partial charge in [0.25, 0.3) is 0 Å². The first-order valence-corrected chi connectivity index (χ1v) is 9.79. The van der Waals surface area contributed by atoms with Crippen LogP contribution in [0.2, 0.25) is 0 Å². The number of methoxy groups -OCH3 is 2. The first-order valence-electron chi connectivity index (χ1n) is 8.20. The van der Waals surface area contributed by atoms with E-state index in [1.807, 2.05) is 24.3 Å². The van der Waals surface area contributed by atoms with E-state index in [9.17, 15) is 0 Å². The number of hydrogen-bond donors (Lipinski definition) is 2. The van der Waals surface area contributed by atoms with Gasteiger partial charge < -0.3 is 20.1 Å². The largest absolute Gasteiger partial charge is 0.496 e. The molecule has 4 nitrogen and oxygen atoms in total. The molecule has 2 aromatic rings. The first kappa shape index (κ1) is 20.2. The van der Waals surface area contributed by atoms with Gasteiger partial charge >= 0.3 is 0 Å². The van der Waals surface area contributed by atoms with E-state index in [2.05, 4.69) is 54.6 Å². The molecule has 0 amide bonds. The van der Waals surface area contributed by atoms with Crippen molar-refractivity contribution in [2.24, 2.45) is 0 Å². The van der Waals surface area contributed by atoms with Crippen LogP contribution in [0, 0.1) is 0 Å². The van der Waals surface area contributed by atoms with Crippen LogP contribution in [-0.4, -0.2) is 27.3 Å². The molecule has 0 unspecified atom stereocenters. The van der Waals surface area contributed by atoms with E-state index in [1.54, 1.807) is 14.2 Å². The highest BCUT2D eigenvalue weighted by Gasteiger charge is 2.04. The molecular formula is C19H24Br2N2O2. The van der Waals surface area contributed by atoms with Gasteiger partial charge in [-0.2, -0.15) is 0 Å². The summed E-state index contributed by atoms with van der Waals surface area (Å²) < 4.78 is 12.9. The maximum Gasteiger partial charge on any atom is 0.123 e. The summed E-state index contributed by atoms with van der Waals surface area (Å²) in [5.41, 5.74) is 2.31. The second kappa shape index (κ2) is 10.8. The minimum atomic E-state index is 0.794. The van der Waals surface area contributed by atoms with Crippen LogP contribution in [0.15, 0.2) is 45.3 Å². The van der Waals surface area contributed by atoms with Gasteiger partial charge in [-0.25, -0.2) is 0 Å². The number of nitrogens with one attached hydrogen (secondary N) is 2. The van der Waals surface area contributed by atoms with Gasteiger partial charge in [-0.3, -0.25) is 0 Å². The maximum absolute atomic E-state index is 5.39. The summed E-state index contributed by atoms with van der Waals surface area (Å²) in [6.45, 7) is 3.47. The summed E-state index contributed by atoms with van der Waals surface area (Å²) in [7, 11) is 3.40. The molecule has 0 heterocycles. The Kier molecular flexibility index (Phi) is 8.75. The van der Waals surface area contributed by atoms with Crippen molar-refractivity contribution in [2.75, 3.05) is 27.3 Å².